The predicted octanol–water partition coefficient (Wildman–Crippen LogP) is 28.8. The molecule has 550 valence electrons. The molecule has 92 heavy (non-hydrogen) atoms. The standard InChI is InChI=1S/C86H171NO5/c1-3-5-7-9-11-13-15-17-19-21-22-23-37-40-43-47-50-54-58-62-66-70-74-78-84(89)83(82-88)87-85(90)79-75-71-67-63-59-55-51-48-44-41-38-35-33-31-29-27-25-24-26-28-30-32-34-36-39-42-45-49-53-57-61-65-69-73-77-81-92-86(91)80-76-72-68-64-60-56-52-46-20-18-16-14-12-10-8-6-4-2/h83-84,88-89H,3-82H2,1-2H3,(H,87,90). The highest BCUT2D eigenvalue weighted by molar-refractivity contribution is 5.76. The average molecular weight is 1300 g/mol. The van der Waals surface area contributed by atoms with Gasteiger partial charge in [-0.25, -0.2) is 0 Å². The fraction of sp³-hybridized carbons (Fsp3) is 0.977. The van der Waals surface area contributed by atoms with Gasteiger partial charge >= 0.3 is 5.97 Å². The third-order valence-electron chi connectivity index (χ3n) is 20.9. The first-order chi connectivity index (χ1) is 45.5. The van der Waals surface area contributed by atoms with E-state index in [1.165, 1.54) is 443 Å². The van der Waals surface area contributed by atoms with Gasteiger partial charge in [-0.15, -0.1) is 0 Å². The van der Waals surface area contributed by atoms with Gasteiger partial charge in [-0.2, -0.15) is 0 Å². The Morgan fingerprint density at radius 3 is 0.663 bits per heavy atom. The van der Waals surface area contributed by atoms with E-state index in [1.54, 1.807) is 0 Å². The van der Waals surface area contributed by atoms with Crippen molar-refractivity contribution in [3.05, 3.63) is 0 Å². The van der Waals surface area contributed by atoms with E-state index < -0.39 is 12.1 Å². The molecular formula is C86H171NO5. The maximum Gasteiger partial charge on any atom is 0.305 e. The molecule has 0 radical (unpaired) electrons. The van der Waals surface area contributed by atoms with Crippen molar-refractivity contribution >= 4 is 11.9 Å². The number of unbranched alkanes of at least 4 members (excludes halogenated alkanes) is 72. The molecule has 0 aromatic carbocycles. The lowest BCUT2D eigenvalue weighted by Gasteiger charge is -2.22. The second kappa shape index (κ2) is 82.3. The molecule has 0 spiro atoms. The van der Waals surface area contributed by atoms with Crippen molar-refractivity contribution < 1.29 is 24.5 Å². The smallest absolute Gasteiger partial charge is 0.305 e. The summed E-state index contributed by atoms with van der Waals surface area (Å²) in [6, 6.07) is -0.538. The fourth-order valence-electron chi connectivity index (χ4n) is 14.4. The summed E-state index contributed by atoms with van der Waals surface area (Å²) in [5.41, 5.74) is 0. The van der Waals surface area contributed by atoms with Gasteiger partial charge in [0.2, 0.25) is 5.91 Å². The number of esters is 1. The molecule has 6 heteroatoms. The lowest BCUT2D eigenvalue weighted by Crippen LogP contribution is -2.45. The van der Waals surface area contributed by atoms with Gasteiger partial charge in [0, 0.05) is 12.8 Å². The number of aliphatic hydroxyl groups excluding tert-OH is 2. The summed E-state index contributed by atoms with van der Waals surface area (Å²) in [4.78, 5) is 24.7. The summed E-state index contributed by atoms with van der Waals surface area (Å²) in [5.74, 6) is 0.00553. The van der Waals surface area contributed by atoms with Gasteiger partial charge in [0.1, 0.15) is 0 Å². The van der Waals surface area contributed by atoms with Gasteiger partial charge in [-0.3, -0.25) is 9.59 Å². The molecule has 0 aliphatic carbocycles. The maximum atomic E-state index is 12.6. The van der Waals surface area contributed by atoms with Gasteiger partial charge in [0.25, 0.3) is 0 Å². The molecule has 0 heterocycles. The molecule has 0 aliphatic rings. The summed E-state index contributed by atoms with van der Waals surface area (Å²) in [5, 5.41) is 23.5. The number of nitrogens with one attached hydrogen (secondary N) is 1. The Kier molecular flexibility index (Phi) is 81.3. The Morgan fingerprint density at radius 2 is 0.446 bits per heavy atom. The fourth-order valence-corrected chi connectivity index (χ4v) is 14.4. The number of carbonyl (C=O) groups excluding carboxylic acids is 2. The SMILES string of the molecule is CCCCCCCCCCCCCCCCCCCCCCCCCC(O)C(CO)NC(=O)CCCCCCCCCCCCCCCCCCCCCCCCCCCCCCCCCCCCCOC(=O)CCCCCCCCCCCCCCCCCCC. The monoisotopic (exact) mass is 1300 g/mol. The highest BCUT2D eigenvalue weighted by atomic mass is 16.5. The van der Waals surface area contributed by atoms with Crippen molar-refractivity contribution in [3.63, 3.8) is 0 Å². The van der Waals surface area contributed by atoms with Crippen LogP contribution in [0.1, 0.15) is 515 Å². The molecule has 0 saturated heterocycles. The summed E-state index contributed by atoms with van der Waals surface area (Å²) in [6.45, 7) is 5.03. The molecule has 0 aromatic heterocycles. The van der Waals surface area contributed by atoms with Crippen molar-refractivity contribution in [2.24, 2.45) is 0 Å². The number of ether oxygens (including phenoxy) is 1. The zero-order valence-corrected chi connectivity index (χ0v) is 63.3. The number of amides is 1. The molecule has 1 amide bonds. The largest absolute Gasteiger partial charge is 0.466 e. The number of carbonyl (C=O) groups is 2. The normalized spacial score (nSPS) is 12.3. The minimum Gasteiger partial charge on any atom is -0.466 e. The summed E-state index contributed by atoms with van der Waals surface area (Å²) < 4.78 is 5.52. The van der Waals surface area contributed by atoms with E-state index >= 15 is 0 Å². The van der Waals surface area contributed by atoms with Crippen molar-refractivity contribution in [2.75, 3.05) is 13.2 Å². The van der Waals surface area contributed by atoms with E-state index in [0.717, 1.165) is 38.5 Å². The minimum absolute atomic E-state index is 0.0228. The van der Waals surface area contributed by atoms with Gasteiger partial charge in [0.05, 0.1) is 25.4 Å². The van der Waals surface area contributed by atoms with Crippen LogP contribution in [0.25, 0.3) is 0 Å². The number of hydrogen-bond acceptors (Lipinski definition) is 5. The van der Waals surface area contributed by atoms with E-state index in [1.807, 2.05) is 0 Å². The first-order valence-corrected chi connectivity index (χ1v) is 43.3. The van der Waals surface area contributed by atoms with Crippen LogP contribution in [0, 0.1) is 0 Å². The summed E-state index contributed by atoms with van der Waals surface area (Å²) in [6.07, 6.45) is 104. The molecule has 0 saturated carbocycles. The molecule has 0 aromatic rings. The first kappa shape index (κ1) is 90.9. The Morgan fingerprint density at radius 1 is 0.261 bits per heavy atom. The Hall–Kier alpha value is -1.14. The summed E-state index contributed by atoms with van der Waals surface area (Å²) >= 11 is 0. The lowest BCUT2D eigenvalue weighted by atomic mass is 10.0. The van der Waals surface area contributed by atoms with E-state index in [9.17, 15) is 19.8 Å². The van der Waals surface area contributed by atoms with Crippen LogP contribution in [0.5, 0.6) is 0 Å². The second-order valence-electron chi connectivity index (χ2n) is 30.2. The number of rotatable bonds is 83. The lowest BCUT2D eigenvalue weighted by molar-refractivity contribution is -0.143. The van der Waals surface area contributed by atoms with Crippen molar-refractivity contribution in [3.8, 4) is 0 Å². The topological polar surface area (TPSA) is 95.9 Å². The van der Waals surface area contributed by atoms with E-state index in [-0.39, 0.29) is 18.5 Å². The molecule has 0 fully saturated rings. The van der Waals surface area contributed by atoms with E-state index in [2.05, 4.69) is 19.2 Å². The van der Waals surface area contributed by atoms with Crippen molar-refractivity contribution in [2.45, 2.75) is 527 Å². The van der Waals surface area contributed by atoms with Crippen LogP contribution in [0.2, 0.25) is 0 Å². The molecule has 2 unspecified atom stereocenters. The van der Waals surface area contributed by atoms with Gasteiger partial charge in [-0.05, 0) is 25.7 Å². The minimum atomic E-state index is -0.661. The van der Waals surface area contributed by atoms with Crippen LogP contribution < -0.4 is 5.32 Å². The number of hydrogen-bond donors (Lipinski definition) is 3. The van der Waals surface area contributed by atoms with Crippen LogP contribution in [0.15, 0.2) is 0 Å². The van der Waals surface area contributed by atoms with E-state index in [0.29, 0.717) is 25.9 Å². The van der Waals surface area contributed by atoms with Gasteiger partial charge < -0.3 is 20.3 Å². The molecule has 3 N–H and O–H groups in total. The quantitative estimate of drug-likeness (QED) is 0.0417. The van der Waals surface area contributed by atoms with Crippen molar-refractivity contribution in [1.29, 1.82) is 0 Å². The molecular weight excluding hydrogens is 1130 g/mol. The molecule has 0 bridgehead atoms. The Balaban J connectivity index is 3.30. The molecule has 6 nitrogen and oxygen atoms in total. The Labute approximate surface area is 578 Å². The van der Waals surface area contributed by atoms with Crippen LogP contribution in [-0.4, -0.2) is 47.4 Å². The van der Waals surface area contributed by atoms with Crippen LogP contribution in [0.3, 0.4) is 0 Å². The zero-order chi connectivity index (χ0) is 66.3. The van der Waals surface area contributed by atoms with Gasteiger partial charge in [-0.1, -0.05) is 476 Å². The molecule has 2 atom stereocenters. The Bertz CT molecular complexity index is 1360. The number of aliphatic hydroxyl groups is 2. The molecule has 0 aliphatic heterocycles. The highest BCUT2D eigenvalue weighted by Crippen LogP contribution is 2.21. The van der Waals surface area contributed by atoms with Crippen LogP contribution in [-0.2, 0) is 14.3 Å². The van der Waals surface area contributed by atoms with Gasteiger partial charge in [0.15, 0.2) is 0 Å². The predicted molar refractivity (Wildman–Crippen MR) is 407 cm³/mol. The average Bonchev–Trinajstić information content (AvgIpc) is 3.74. The third kappa shape index (κ3) is 77.9. The summed E-state index contributed by atoms with van der Waals surface area (Å²) in [7, 11) is 0. The van der Waals surface area contributed by atoms with Crippen LogP contribution in [0.4, 0.5) is 0 Å². The second-order valence-corrected chi connectivity index (χ2v) is 30.2. The first-order valence-electron chi connectivity index (χ1n) is 43.3. The van der Waals surface area contributed by atoms with Crippen LogP contribution >= 0.6 is 0 Å². The third-order valence-corrected chi connectivity index (χ3v) is 20.9. The van der Waals surface area contributed by atoms with Crippen molar-refractivity contribution in [1.82, 2.24) is 5.32 Å². The molecule has 0 rings (SSSR count). The van der Waals surface area contributed by atoms with E-state index in [4.69, 9.17) is 4.74 Å². The zero-order valence-electron chi connectivity index (χ0n) is 63.3. The highest BCUT2D eigenvalue weighted by Gasteiger charge is 2.20. The maximum absolute atomic E-state index is 12.6.